The van der Waals surface area contributed by atoms with Crippen LogP contribution in [0.4, 0.5) is 0 Å². The lowest BCUT2D eigenvalue weighted by Crippen LogP contribution is -2.25. The van der Waals surface area contributed by atoms with Gasteiger partial charge >= 0.3 is 0 Å². The Morgan fingerprint density at radius 2 is 2.20 bits per heavy atom. The number of nitrogens with zero attached hydrogens (tertiary/aromatic N) is 3. The van der Waals surface area contributed by atoms with Gasteiger partial charge in [-0.1, -0.05) is 13.0 Å². The molecular formula is C22H25N5O3. The molecule has 30 heavy (non-hydrogen) atoms. The predicted octanol–water partition coefficient (Wildman–Crippen LogP) is 1.89. The summed E-state index contributed by atoms with van der Waals surface area (Å²) in [7, 11) is 1.58. The first-order valence-corrected chi connectivity index (χ1v) is 10.1. The number of ether oxygens (including phenoxy) is 1. The Morgan fingerprint density at radius 1 is 1.33 bits per heavy atom. The number of amides is 1. The average Bonchev–Trinajstić information content (AvgIpc) is 3.19. The molecule has 8 nitrogen and oxygen atoms in total. The third-order valence-electron chi connectivity index (χ3n) is 5.30. The third-order valence-corrected chi connectivity index (χ3v) is 5.30. The van der Waals surface area contributed by atoms with E-state index in [0.29, 0.717) is 23.6 Å². The van der Waals surface area contributed by atoms with Gasteiger partial charge in [0.1, 0.15) is 23.2 Å². The zero-order chi connectivity index (χ0) is 21.1. The predicted molar refractivity (Wildman–Crippen MR) is 114 cm³/mol. The molecule has 3 aromatic rings. The number of benzene rings is 1. The van der Waals surface area contributed by atoms with E-state index in [2.05, 4.69) is 31.2 Å². The third kappa shape index (κ3) is 4.33. The molecule has 1 fully saturated rings. The number of H-pyrrole nitrogens is 1. The molecule has 156 valence electrons. The number of fused-ring (bicyclic) bond motifs is 1. The van der Waals surface area contributed by atoms with Crippen molar-refractivity contribution < 1.29 is 9.53 Å². The van der Waals surface area contributed by atoms with Gasteiger partial charge in [-0.15, -0.1) is 0 Å². The summed E-state index contributed by atoms with van der Waals surface area (Å²) in [5.41, 5.74) is 3.52. The first-order valence-electron chi connectivity index (χ1n) is 10.1. The van der Waals surface area contributed by atoms with Crippen LogP contribution in [0, 0.1) is 0 Å². The van der Waals surface area contributed by atoms with E-state index in [-0.39, 0.29) is 17.6 Å². The molecule has 4 rings (SSSR count). The zero-order valence-electron chi connectivity index (χ0n) is 17.1. The van der Waals surface area contributed by atoms with E-state index in [4.69, 9.17) is 4.74 Å². The first-order chi connectivity index (χ1) is 14.6. The van der Waals surface area contributed by atoms with E-state index in [1.54, 1.807) is 25.4 Å². The fourth-order valence-corrected chi connectivity index (χ4v) is 3.71. The lowest BCUT2D eigenvalue weighted by Gasteiger charge is -2.17. The lowest BCUT2D eigenvalue weighted by molar-refractivity contribution is 0.0958. The maximum absolute atomic E-state index is 12.0. The van der Waals surface area contributed by atoms with Crippen molar-refractivity contribution in [3.63, 3.8) is 0 Å². The van der Waals surface area contributed by atoms with E-state index in [1.165, 1.54) is 0 Å². The molecule has 1 saturated heterocycles. The van der Waals surface area contributed by atoms with Crippen molar-refractivity contribution in [1.29, 1.82) is 0 Å². The van der Waals surface area contributed by atoms with Gasteiger partial charge in [0.05, 0.1) is 17.2 Å². The number of rotatable bonds is 6. The highest BCUT2D eigenvalue weighted by atomic mass is 16.5. The monoisotopic (exact) mass is 407 g/mol. The van der Waals surface area contributed by atoms with Gasteiger partial charge in [-0.3, -0.25) is 14.5 Å². The highest BCUT2D eigenvalue weighted by molar-refractivity contribution is 5.91. The van der Waals surface area contributed by atoms with Crippen LogP contribution in [0.15, 0.2) is 41.3 Å². The second kappa shape index (κ2) is 8.62. The van der Waals surface area contributed by atoms with Crippen LogP contribution in [-0.2, 0) is 13.0 Å². The molecule has 8 heteroatoms. The van der Waals surface area contributed by atoms with E-state index in [9.17, 15) is 9.59 Å². The summed E-state index contributed by atoms with van der Waals surface area (Å²) < 4.78 is 6.03. The molecular weight excluding hydrogens is 382 g/mol. The van der Waals surface area contributed by atoms with Gasteiger partial charge in [-0.05, 0) is 42.7 Å². The smallest absolute Gasteiger partial charge is 0.270 e. The van der Waals surface area contributed by atoms with Gasteiger partial charge in [0, 0.05) is 26.7 Å². The van der Waals surface area contributed by atoms with E-state index in [0.717, 1.165) is 42.7 Å². The van der Waals surface area contributed by atoms with Gasteiger partial charge in [0.25, 0.3) is 11.5 Å². The molecule has 0 unspecified atom stereocenters. The molecule has 1 amide bonds. The molecule has 0 radical (unpaired) electrons. The van der Waals surface area contributed by atoms with Crippen LogP contribution in [0.5, 0.6) is 5.75 Å². The van der Waals surface area contributed by atoms with Crippen molar-refractivity contribution in [3.8, 4) is 5.75 Å². The molecule has 2 N–H and O–H groups in total. The van der Waals surface area contributed by atoms with Crippen LogP contribution in [-0.4, -0.2) is 52.0 Å². The first kappa shape index (κ1) is 20.0. The highest BCUT2D eigenvalue weighted by Crippen LogP contribution is 2.20. The van der Waals surface area contributed by atoms with Crippen LogP contribution in [0.2, 0.25) is 0 Å². The molecule has 1 aliphatic rings. The van der Waals surface area contributed by atoms with Crippen molar-refractivity contribution in [3.05, 3.63) is 63.8 Å². The average molecular weight is 407 g/mol. The molecule has 0 saturated carbocycles. The number of aromatic amines is 1. The Labute approximate surface area is 174 Å². The summed E-state index contributed by atoms with van der Waals surface area (Å²) in [5, 5.41) is 2.55. The van der Waals surface area contributed by atoms with Gasteiger partial charge in [-0.2, -0.15) is 0 Å². The summed E-state index contributed by atoms with van der Waals surface area (Å²) in [6.45, 7) is 4.44. The summed E-state index contributed by atoms with van der Waals surface area (Å²) in [5.74, 6) is 0.446. The second-order valence-corrected chi connectivity index (χ2v) is 7.44. The number of pyridine rings is 1. The molecule has 0 bridgehead atoms. The Morgan fingerprint density at radius 3 is 2.93 bits per heavy atom. The number of aromatic nitrogens is 3. The molecule has 2 aromatic heterocycles. The molecule has 1 atom stereocenters. The summed E-state index contributed by atoms with van der Waals surface area (Å²) >= 11 is 0. The van der Waals surface area contributed by atoms with Crippen molar-refractivity contribution in [2.24, 2.45) is 0 Å². The van der Waals surface area contributed by atoms with Gasteiger partial charge in [0.15, 0.2) is 0 Å². The molecule has 0 aliphatic carbocycles. The number of carbonyl (C=O) groups is 1. The van der Waals surface area contributed by atoms with E-state index >= 15 is 0 Å². The number of hydrogen-bond acceptors (Lipinski definition) is 6. The SMILES string of the molecule is CCc1nc2ccc(CN3CC[C@@H](Oc4ccc(C(=O)NC)nc4)C3)cc2[nH]c1=O. The highest BCUT2D eigenvalue weighted by Gasteiger charge is 2.24. The Kier molecular flexibility index (Phi) is 5.76. The number of hydrogen-bond donors (Lipinski definition) is 2. The van der Waals surface area contributed by atoms with Crippen molar-refractivity contribution in [1.82, 2.24) is 25.2 Å². The number of nitrogens with one attached hydrogen (secondary N) is 2. The minimum absolute atomic E-state index is 0.0756. The van der Waals surface area contributed by atoms with Crippen LogP contribution in [0.1, 0.15) is 35.1 Å². The zero-order valence-corrected chi connectivity index (χ0v) is 17.1. The van der Waals surface area contributed by atoms with Crippen molar-refractivity contribution in [2.75, 3.05) is 20.1 Å². The lowest BCUT2D eigenvalue weighted by atomic mass is 10.1. The topological polar surface area (TPSA) is 100 Å². The summed E-state index contributed by atoms with van der Waals surface area (Å²) in [6, 6.07) is 9.46. The second-order valence-electron chi connectivity index (χ2n) is 7.44. The van der Waals surface area contributed by atoms with Crippen molar-refractivity contribution >= 4 is 16.9 Å². The fourth-order valence-electron chi connectivity index (χ4n) is 3.71. The number of carbonyl (C=O) groups excluding carboxylic acids is 1. The largest absolute Gasteiger partial charge is 0.487 e. The van der Waals surface area contributed by atoms with Gasteiger partial charge in [0.2, 0.25) is 0 Å². The summed E-state index contributed by atoms with van der Waals surface area (Å²) in [4.78, 5) is 37.5. The van der Waals surface area contributed by atoms with Crippen molar-refractivity contribution in [2.45, 2.75) is 32.4 Å². The van der Waals surface area contributed by atoms with Gasteiger partial charge < -0.3 is 15.0 Å². The number of aryl methyl sites for hydroxylation is 1. The maximum Gasteiger partial charge on any atom is 0.270 e. The van der Waals surface area contributed by atoms with Crippen LogP contribution in [0.3, 0.4) is 0 Å². The fraction of sp³-hybridized carbons (Fsp3) is 0.364. The normalized spacial score (nSPS) is 16.7. The quantitative estimate of drug-likeness (QED) is 0.647. The molecule has 0 spiro atoms. The molecule has 3 heterocycles. The molecule has 1 aromatic carbocycles. The Hall–Kier alpha value is -3.26. The van der Waals surface area contributed by atoms with Crippen LogP contribution in [0.25, 0.3) is 11.0 Å². The summed E-state index contributed by atoms with van der Waals surface area (Å²) in [6.07, 6.45) is 3.20. The number of likely N-dealkylation sites (tertiary alicyclic amines) is 1. The van der Waals surface area contributed by atoms with Crippen LogP contribution >= 0.6 is 0 Å². The maximum atomic E-state index is 12.0. The standard InChI is InChI=1S/C22H25N5O3/c1-3-17-22(29)26-20-10-14(4-6-18(20)25-17)12-27-9-8-16(13-27)30-15-5-7-19(24-11-15)21(28)23-2/h4-7,10-11,16H,3,8-9,12-13H2,1-2H3,(H,23,28)(H,26,29)/t16-/m1/s1. The van der Waals surface area contributed by atoms with E-state index in [1.807, 2.05) is 19.1 Å². The van der Waals surface area contributed by atoms with Crippen LogP contribution < -0.4 is 15.6 Å². The Balaban J connectivity index is 1.38. The van der Waals surface area contributed by atoms with Gasteiger partial charge in [-0.25, -0.2) is 9.97 Å². The minimum Gasteiger partial charge on any atom is -0.487 e. The minimum atomic E-state index is -0.216. The molecule has 1 aliphatic heterocycles. The Bertz CT molecular complexity index is 1110. The van der Waals surface area contributed by atoms with E-state index < -0.39 is 0 Å².